The van der Waals surface area contributed by atoms with Crippen molar-refractivity contribution < 1.29 is 4.79 Å². The molecule has 6 nitrogen and oxygen atoms in total. The van der Waals surface area contributed by atoms with Gasteiger partial charge < -0.3 is 15.6 Å². The zero-order valence-electron chi connectivity index (χ0n) is 13.8. The number of aromatic nitrogens is 3. The van der Waals surface area contributed by atoms with Gasteiger partial charge in [-0.05, 0) is 36.5 Å². The molecule has 1 amide bonds. The molecule has 0 spiro atoms. The van der Waals surface area contributed by atoms with Crippen LogP contribution >= 0.6 is 0 Å². The van der Waals surface area contributed by atoms with Crippen LogP contribution in [-0.4, -0.2) is 27.0 Å². The second-order valence-corrected chi connectivity index (χ2v) is 6.97. The lowest BCUT2D eigenvalue weighted by atomic mass is 9.86. The predicted octanol–water partition coefficient (Wildman–Crippen LogP) is 2.26. The van der Waals surface area contributed by atoms with Crippen molar-refractivity contribution >= 4 is 11.9 Å². The summed E-state index contributed by atoms with van der Waals surface area (Å²) < 4.78 is 2.30. The third kappa shape index (κ3) is 2.36. The Bertz CT molecular complexity index is 935. The fourth-order valence-electron chi connectivity index (χ4n) is 3.71. The Labute approximate surface area is 145 Å². The Kier molecular flexibility index (Phi) is 3.07. The van der Waals surface area contributed by atoms with Crippen LogP contribution in [0.1, 0.15) is 34.8 Å². The first-order valence-corrected chi connectivity index (χ1v) is 8.69. The Morgan fingerprint density at radius 2 is 2.20 bits per heavy atom. The Balaban J connectivity index is 1.70. The number of hydrogen-bond acceptors (Lipinski definition) is 4. The van der Waals surface area contributed by atoms with Crippen LogP contribution in [0.4, 0.5) is 5.95 Å². The van der Waals surface area contributed by atoms with E-state index in [-0.39, 0.29) is 17.8 Å². The number of nitrogens with one attached hydrogen (secondary N) is 1. The summed E-state index contributed by atoms with van der Waals surface area (Å²) in [6, 6.07) is 3.82. The molecule has 1 fully saturated rings. The molecule has 126 valence electrons. The van der Waals surface area contributed by atoms with Gasteiger partial charge in [0.05, 0.1) is 17.0 Å². The number of allylic oxidation sites excluding steroid dienone is 3. The Morgan fingerprint density at radius 1 is 1.36 bits per heavy atom. The maximum Gasteiger partial charge on any atom is 0.253 e. The van der Waals surface area contributed by atoms with Gasteiger partial charge in [0, 0.05) is 30.9 Å². The van der Waals surface area contributed by atoms with E-state index in [2.05, 4.69) is 32.0 Å². The van der Waals surface area contributed by atoms with Crippen LogP contribution in [0.2, 0.25) is 0 Å². The molecule has 1 saturated carbocycles. The van der Waals surface area contributed by atoms with Crippen LogP contribution in [0.25, 0.3) is 11.4 Å². The quantitative estimate of drug-likeness (QED) is 0.898. The molecule has 1 aliphatic heterocycles. The Morgan fingerprint density at radius 3 is 2.88 bits per heavy atom. The molecule has 25 heavy (non-hydrogen) atoms. The number of anilines is 1. The molecule has 5 rings (SSSR count). The van der Waals surface area contributed by atoms with E-state index < -0.39 is 0 Å². The third-order valence-electron chi connectivity index (χ3n) is 5.23. The van der Waals surface area contributed by atoms with Crippen LogP contribution in [0.15, 0.2) is 42.1 Å². The number of nitrogens with two attached hydrogens (primary N) is 1. The highest BCUT2D eigenvalue weighted by atomic mass is 16.1. The molecule has 3 heterocycles. The van der Waals surface area contributed by atoms with E-state index in [0.717, 1.165) is 29.2 Å². The number of nitrogen functional groups attached to an aromatic ring is 1. The van der Waals surface area contributed by atoms with Crippen molar-refractivity contribution in [2.75, 3.05) is 12.3 Å². The minimum Gasteiger partial charge on any atom is -0.368 e. The molecule has 0 aromatic carbocycles. The van der Waals surface area contributed by atoms with Crippen LogP contribution in [-0.2, 0) is 6.54 Å². The van der Waals surface area contributed by atoms with Crippen molar-refractivity contribution in [2.24, 2.45) is 5.92 Å². The maximum absolute atomic E-state index is 12.5. The minimum absolute atomic E-state index is 0.00650. The first-order chi connectivity index (χ1) is 12.2. The Hall–Kier alpha value is -2.89. The summed E-state index contributed by atoms with van der Waals surface area (Å²) in [6.07, 6.45) is 10.5. The molecule has 2 aromatic rings. The molecular weight excluding hydrogens is 314 g/mol. The average Bonchev–Trinajstić information content (AvgIpc) is 3.28. The lowest BCUT2D eigenvalue weighted by Crippen LogP contribution is -2.36. The van der Waals surface area contributed by atoms with Crippen LogP contribution < -0.4 is 11.1 Å². The number of carbonyl (C=O) groups excluding carboxylic acids is 1. The molecule has 2 aliphatic carbocycles. The first-order valence-electron chi connectivity index (χ1n) is 8.69. The van der Waals surface area contributed by atoms with E-state index in [0.29, 0.717) is 12.5 Å². The van der Waals surface area contributed by atoms with Gasteiger partial charge in [-0.3, -0.25) is 4.79 Å². The lowest BCUT2D eigenvalue weighted by Gasteiger charge is -2.29. The number of carbonyl (C=O) groups is 1. The van der Waals surface area contributed by atoms with E-state index in [9.17, 15) is 4.79 Å². The molecule has 1 unspecified atom stereocenters. The summed E-state index contributed by atoms with van der Waals surface area (Å²) in [5, 5.41) is 3.03. The number of amides is 1. The molecule has 0 saturated heterocycles. The van der Waals surface area contributed by atoms with E-state index in [1.807, 2.05) is 18.2 Å². The number of hydrogen-bond donors (Lipinski definition) is 2. The van der Waals surface area contributed by atoms with Crippen molar-refractivity contribution in [1.82, 2.24) is 19.9 Å². The van der Waals surface area contributed by atoms with E-state index in [1.165, 1.54) is 18.4 Å². The van der Waals surface area contributed by atoms with E-state index in [4.69, 9.17) is 5.73 Å². The summed E-state index contributed by atoms with van der Waals surface area (Å²) in [4.78, 5) is 20.9. The third-order valence-corrected chi connectivity index (χ3v) is 5.23. The van der Waals surface area contributed by atoms with Gasteiger partial charge in [-0.2, -0.15) is 0 Å². The van der Waals surface area contributed by atoms with Gasteiger partial charge in [-0.25, -0.2) is 9.97 Å². The van der Waals surface area contributed by atoms with Gasteiger partial charge in [0.25, 0.3) is 5.91 Å². The van der Waals surface area contributed by atoms with Crippen LogP contribution in [0.5, 0.6) is 0 Å². The second-order valence-electron chi connectivity index (χ2n) is 6.97. The highest BCUT2D eigenvalue weighted by Crippen LogP contribution is 2.40. The van der Waals surface area contributed by atoms with E-state index >= 15 is 0 Å². The maximum atomic E-state index is 12.5. The first kappa shape index (κ1) is 14.5. The number of rotatable bonds is 4. The van der Waals surface area contributed by atoms with Gasteiger partial charge in [-0.15, -0.1) is 0 Å². The van der Waals surface area contributed by atoms with E-state index in [1.54, 1.807) is 6.20 Å². The van der Waals surface area contributed by atoms with Crippen molar-refractivity contribution in [3.8, 4) is 11.4 Å². The molecule has 3 N–H and O–H groups in total. The predicted molar refractivity (Wildman–Crippen MR) is 94.9 cm³/mol. The fourth-order valence-corrected chi connectivity index (χ4v) is 3.71. The second kappa shape index (κ2) is 5.31. The SMILES string of the molecule is Nc1nccc(-c2cc3c(n2CC2CC2)C(C2=CC=C2)CNC3=O)n1. The molecule has 0 radical (unpaired) electrons. The minimum atomic E-state index is -0.00650. The topological polar surface area (TPSA) is 85.8 Å². The summed E-state index contributed by atoms with van der Waals surface area (Å²) in [5.74, 6) is 1.13. The lowest BCUT2D eigenvalue weighted by molar-refractivity contribution is 0.0941. The van der Waals surface area contributed by atoms with Crippen molar-refractivity contribution in [3.63, 3.8) is 0 Å². The number of fused-ring (bicyclic) bond motifs is 1. The van der Waals surface area contributed by atoms with Crippen LogP contribution in [0, 0.1) is 5.92 Å². The largest absolute Gasteiger partial charge is 0.368 e. The highest BCUT2D eigenvalue weighted by Gasteiger charge is 2.35. The van der Waals surface area contributed by atoms with Crippen molar-refractivity contribution in [3.05, 3.63) is 53.4 Å². The summed E-state index contributed by atoms with van der Waals surface area (Å²) in [7, 11) is 0. The van der Waals surface area contributed by atoms with Crippen molar-refractivity contribution in [1.29, 1.82) is 0 Å². The molecule has 1 atom stereocenters. The standard InChI is InChI=1S/C19H19N5O/c20-19-21-7-6-15(23-19)16-8-13-17(24(16)10-11-4-5-11)14(9-22-18(13)25)12-2-1-3-12/h1-3,6-8,11,14H,4-5,9-10H2,(H,22,25)(H2,20,21,23). The fraction of sp³-hybridized carbons (Fsp3) is 0.316. The monoisotopic (exact) mass is 333 g/mol. The smallest absolute Gasteiger partial charge is 0.253 e. The van der Waals surface area contributed by atoms with Crippen molar-refractivity contribution in [2.45, 2.75) is 25.3 Å². The number of nitrogens with zero attached hydrogens (tertiary/aromatic N) is 3. The molecular formula is C19H19N5O. The summed E-state index contributed by atoms with van der Waals surface area (Å²) >= 11 is 0. The molecule has 2 aromatic heterocycles. The average molecular weight is 333 g/mol. The zero-order chi connectivity index (χ0) is 17.0. The van der Waals surface area contributed by atoms with Gasteiger partial charge in [0.15, 0.2) is 0 Å². The zero-order valence-corrected chi connectivity index (χ0v) is 13.8. The van der Waals surface area contributed by atoms with Gasteiger partial charge in [-0.1, -0.05) is 18.2 Å². The highest BCUT2D eigenvalue weighted by molar-refractivity contribution is 5.98. The van der Waals surface area contributed by atoms with Crippen LogP contribution in [0.3, 0.4) is 0 Å². The normalized spacial score (nSPS) is 21.4. The molecule has 3 aliphatic rings. The molecule has 6 heteroatoms. The molecule has 0 bridgehead atoms. The van der Waals surface area contributed by atoms with Gasteiger partial charge in [0.1, 0.15) is 0 Å². The van der Waals surface area contributed by atoms with Gasteiger partial charge >= 0.3 is 0 Å². The summed E-state index contributed by atoms with van der Waals surface area (Å²) in [5.41, 5.74) is 10.6. The summed E-state index contributed by atoms with van der Waals surface area (Å²) in [6.45, 7) is 1.57. The van der Waals surface area contributed by atoms with Gasteiger partial charge in [0.2, 0.25) is 5.95 Å².